The van der Waals surface area contributed by atoms with Crippen LogP contribution in [0.3, 0.4) is 0 Å². The van der Waals surface area contributed by atoms with E-state index in [1.807, 2.05) is 0 Å². The summed E-state index contributed by atoms with van der Waals surface area (Å²) < 4.78 is 68.4. The average molecular weight is 1400 g/mol. The second-order valence-corrected chi connectivity index (χ2v) is 30.8. The molecule has 95 heavy (non-hydrogen) atoms. The minimum atomic E-state index is -4.96. The standard InChI is InChI=1S/C76H148O17P2/c1-6-9-12-15-18-21-23-25-26-27-28-29-30-31-32-38-42-47-52-57-62-76(81)93-72(66-87-74(79)60-55-50-45-40-37-34-33-35-39-43-48-53-58-69(4)5)68-91-95(84,85)89-64-70(77)63-88-94(82,83)90-67-71(65-86-73(78)59-54-49-44-20-17-14-11-8-3)92-75(80)61-56-51-46-41-36-24-22-19-16-13-10-7-2/h69-72,77H,6-68H2,1-5H3,(H,82,83)(H,84,85)/t70-,71+,72+/m0/s1. The Balaban J connectivity index is 5.19. The fraction of sp³-hybridized carbons (Fsp3) is 0.947. The molecule has 0 amide bonds. The highest BCUT2D eigenvalue weighted by Gasteiger charge is 2.30. The third kappa shape index (κ3) is 70.3. The second kappa shape index (κ2) is 69.2. The van der Waals surface area contributed by atoms with Crippen LogP contribution in [0.25, 0.3) is 0 Å². The number of carbonyl (C=O) groups excluding carboxylic acids is 4. The smallest absolute Gasteiger partial charge is 0.462 e. The first-order valence-corrected chi connectivity index (χ1v) is 42.6. The van der Waals surface area contributed by atoms with Crippen molar-refractivity contribution >= 4 is 39.5 Å². The van der Waals surface area contributed by atoms with Crippen LogP contribution in [0.15, 0.2) is 0 Å². The molecule has 0 aromatic heterocycles. The van der Waals surface area contributed by atoms with Crippen molar-refractivity contribution in [1.82, 2.24) is 0 Å². The quantitative estimate of drug-likeness (QED) is 0.0222. The maximum Gasteiger partial charge on any atom is 0.472 e. The predicted octanol–water partition coefficient (Wildman–Crippen LogP) is 22.5. The molecule has 564 valence electrons. The zero-order chi connectivity index (χ0) is 69.8. The van der Waals surface area contributed by atoms with Gasteiger partial charge >= 0.3 is 39.5 Å². The fourth-order valence-corrected chi connectivity index (χ4v) is 13.3. The third-order valence-corrected chi connectivity index (χ3v) is 19.7. The summed E-state index contributed by atoms with van der Waals surface area (Å²) >= 11 is 0. The summed E-state index contributed by atoms with van der Waals surface area (Å²) in [7, 11) is -9.90. The zero-order valence-electron chi connectivity index (χ0n) is 61.8. The van der Waals surface area contributed by atoms with Gasteiger partial charge in [0.25, 0.3) is 0 Å². The summed E-state index contributed by atoms with van der Waals surface area (Å²) in [5.41, 5.74) is 0. The van der Waals surface area contributed by atoms with Gasteiger partial charge in [-0.15, -0.1) is 0 Å². The number of carbonyl (C=O) groups is 4. The van der Waals surface area contributed by atoms with Crippen molar-refractivity contribution in [3.63, 3.8) is 0 Å². The SMILES string of the molecule is CCCCCCCCCCCCCCCCCCCCCCC(=O)O[C@H](COC(=O)CCCCCCCCCCCCCCC(C)C)COP(=O)(O)OC[C@@H](O)COP(=O)(O)OC[C@@H](COC(=O)CCCCCCCCCC)OC(=O)CCCCCCCCCCCCCC. The Morgan fingerprint density at radius 3 is 0.716 bits per heavy atom. The normalized spacial score (nSPS) is 13.9. The molecule has 0 fully saturated rings. The van der Waals surface area contributed by atoms with Crippen LogP contribution >= 0.6 is 15.6 Å². The van der Waals surface area contributed by atoms with Gasteiger partial charge < -0.3 is 33.8 Å². The van der Waals surface area contributed by atoms with Gasteiger partial charge in [0.15, 0.2) is 12.2 Å². The third-order valence-electron chi connectivity index (χ3n) is 17.8. The molecular weight excluding hydrogens is 1250 g/mol. The lowest BCUT2D eigenvalue weighted by Crippen LogP contribution is -2.30. The van der Waals surface area contributed by atoms with Gasteiger partial charge in [0.1, 0.15) is 19.3 Å². The van der Waals surface area contributed by atoms with Gasteiger partial charge in [-0.3, -0.25) is 37.3 Å². The predicted molar refractivity (Wildman–Crippen MR) is 386 cm³/mol. The lowest BCUT2D eigenvalue weighted by atomic mass is 10.0. The molecular formula is C76H148O17P2. The van der Waals surface area contributed by atoms with Crippen molar-refractivity contribution in [2.45, 2.75) is 419 Å². The minimum absolute atomic E-state index is 0.107. The highest BCUT2D eigenvalue weighted by Crippen LogP contribution is 2.45. The van der Waals surface area contributed by atoms with Crippen molar-refractivity contribution in [3.8, 4) is 0 Å². The first kappa shape index (κ1) is 93.1. The summed E-state index contributed by atoms with van der Waals surface area (Å²) in [4.78, 5) is 72.7. The first-order chi connectivity index (χ1) is 46.0. The largest absolute Gasteiger partial charge is 0.472 e. The number of unbranched alkanes of at least 4 members (excludes halogenated alkanes) is 48. The number of phosphoric ester groups is 2. The lowest BCUT2D eigenvalue weighted by Gasteiger charge is -2.21. The Hall–Kier alpha value is -1.94. The maximum absolute atomic E-state index is 13.1. The molecule has 5 atom stereocenters. The summed E-state index contributed by atoms with van der Waals surface area (Å²) in [5.74, 6) is -1.33. The maximum atomic E-state index is 13.1. The number of rotatable bonds is 76. The van der Waals surface area contributed by atoms with Crippen molar-refractivity contribution in [2.24, 2.45) is 5.92 Å². The number of hydrogen-bond donors (Lipinski definition) is 3. The number of ether oxygens (including phenoxy) is 4. The van der Waals surface area contributed by atoms with Crippen LogP contribution in [-0.4, -0.2) is 96.7 Å². The van der Waals surface area contributed by atoms with Crippen molar-refractivity contribution in [1.29, 1.82) is 0 Å². The Morgan fingerprint density at radius 2 is 0.484 bits per heavy atom. The van der Waals surface area contributed by atoms with Crippen molar-refractivity contribution in [3.05, 3.63) is 0 Å². The highest BCUT2D eigenvalue weighted by atomic mass is 31.2. The molecule has 0 bridgehead atoms. The van der Waals surface area contributed by atoms with E-state index in [4.69, 9.17) is 37.0 Å². The summed E-state index contributed by atoms with van der Waals surface area (Å²) in [6.07, 6.45) is 58.3. The minimum Gasteiger partial charge on any atom is -0.462 e. The molecule has 0 saturated carbocycles. The van der Waals surface area contributed by atoms with Crippen LogP contribution in [0.2, 0.25) is 0 Å². The van der Waals surface area contributed by atoms with Gasteiger partial charge in [-0.2, -0.15) is 0 Å². The average Bonchev–Trinajstić information content (AvgIpc) is 2.29. The van der Waals surface area contributed by atoms with Gasteiger partial charge in [0, 0.05) is 25.7 Å². The molecule has 0 aliphatic heterocycles. The van der Waals surface area contributed by atoms with Gasteiger partial charge in [-0.05, 0) is 31.6 Å². The Kier molecular flexibility index (Phi) is 67.7. The number of esters is 4. The van der Waals surface area contributed by atoms with E-state index in [2.05, 4.69) is 34.6 Å². The fourth-order valence-electron chi connectivity index (χ4n) is 11.7. The van der Waals surface area contributed by atoms with E-state index in [0.29, 0.717) is 25.7 Å². The molecule has 0 heterocycles. The summed E-state index contributed by atoms with van der Waals surface area (Å²) in [6, 6.07) is 0. The highest BCUT2D eigenvalue weighted by molar-refractivity contribution is 7.47. The van der Waals surface area contributed by atoms with E-state index in [1.165, 1.54) is 218 Å². The van der Waals surface area contributed by atoms with Crippen LogP contribution in [-0.2, 0) is 65.4 Å². The second-order valence-electron chi connectivity index (χ2n) is 27.9. The number of phosphoric acid groups is 2. The summed E-state index contributed by atoms with van der Waals surface area (Å²) in [5, 5.41) is 10.6. The van der Waals surface area contributed by atoms with Gasteiger partial charge in [-0.25, -0.2) is 9.13 Å². The topological polar surface area (TPSA) is 237 Å². The molecule has 0 spiro atoms. The van der Waals surface area contributed by atoms with Gasteiger partial charge in [-0.1, -0.05) is 349 Å². The zero-order valence-corrected chi connectivity index (χ0v) is 63.6. The molecule has 2 unspecified atom stereocenters. The Labute approximate surface area is 581 Å². The number of hydrogen-bond acceptors (Lipinski definition) is 15. The monoisotopic (exact) mass is 1400 g/mol. The molecule has 17 nitrogen and oxygen atoms in total. The molecule has 0 radical (unpaired) electrons. The molecule has 0 aromatic rings. The van der Waals surface area contributed by atoms with Crippen LogP contribution in [0.1, 0.15) is 401 Å². The first-order valence-electron chi connectivity index (χ1n) is 39.6. The molecule has 0 aliphatic rings. The van der Waals surface area contributed by atoms with Crippen molar-refractivity contribution in [2.75, 3.05) is 39.6 Å². The lowest BCUT2D eigenvalue weighted by molar-refractivity contribution is -0.161. The van der Waals surface area contributed by atoms with Crippen LogP contribution < -0.4 is 0 Å². The van der Waals surface area contributed by atoms with Crippen LogP contribution in [0.4, 0.5) is 0 Å². The van der Waals surface area contributed by atoms with E-state index in [0.717, 1.165) is 102 Å². The Morgan fingerprint density at radius 1 is 0.284 bits per heavy atom. The summed E-state index contributed by atoms with van der Waals surface area (Å²) in [6.45, 7) is 7.28. The van der Waals surface area contributed by atoms with Crippen LogP contribution in [0.5, 0.6) is 0 Å². The van der Waals surface area contributed by atoms with E-state index in [1.54, 1.807) is 0 Å². The van der Waals surface area contributed by atoms with Gasteiger partial charge in [0.05, 0.1) is 26.4 Å². The molecule has 19 heteroatoms. The van der Waals surface area contributed by atoms with E-state index in [-0.39, 0.29) is 25.7 Å². The molecule has 0 aliphatic carbocycles. The molecule has 3 N–H and O–H groups in total. The number of aliphatic hydroxyl groups excluding tert-OH is 1. The van der Waals surface area contributed by atoms with E-state index in [9.17, 15) is 43.2 Å². The van der Waals surface area contributed by atoms with Crippen molar-refractivity contribution < 1.29 is 80.2 Å². The molecule has 0 rings (SSSR count). The van der Waals surface area contributed by atoms with Crippen LogP contribution in [0, 0.1) is 5.92 Å². The number of aliphatic hydroxyl groups is 1. The van der Waals surface area contributed by atoms with E-state index < -0.39 is 97.5 Å². The molecule has 0 saturated heterocycles. The van der Waals surface area contributed by atoms with Gasteiger partial charge in [0.2, 0.25) is 0 Å². The van der Waals surface area contributed by atoms with E-state index >= 15 is 0 Å². The molecule has 0 aromatic carbocycles. The Bertz CT molecular complexity index is 1820.